The fourth-order valence-electron chi connectivity index (χ4n) is 2.79. The number of aryl methyl sites for hydroxylation is 1. The maximum absolute atomic E-state index is 12.6. The van der Waals surface area contributed by atoms with Gasteiger partial charge in [-0.15, -0.1) is 0 Å². The third-order valence-corrected chi connectivity index (χ3v) is 4.34. The van der Waals surface area contributed by atoms with Gasteiger partial charge in [-0.3, -0.25) is 4.79 Å². The largest absolute Gasteiger partial charge is 0.469 e. The molecule has 3 rings (SSSR count). The number of benzene rings is 3. The lowest BCUT2D eigenvalue weighted by molar-refractivity contribution is -0.140. The van der Waals surface area contributed by atoms with Crippen LogP contribution in [0.2, 0.25) is 0 Å². The average Bonchev–Trinajstić information content (AvgIpc) is 2.77. The zero-order chi connectivity index (χ0) is 20.5. The van der Waals surface area contributed by atoms with Crippen molar-refractivity contribution in [3.8, 4) is 11.5 Å². The fraction of sp³-hybridized carbons (Fsp3) is 0.167. The summed E-state index contributed by atoms with van der Waals surface area (Å²) in [5.74, 6) is 0.233. The molecule has 0 aliphatic carbocycles. The van der Waals surface area contributed by atoms with Crippen LogP contribution < -0.4 is 4.74 Å². The molecule has 0 unspecified atom stereocenters. The molecular formula is C24H22O5. The van der Waals surface area contributed by atoms with Crippen LogP contribution in [0.25, 0.3) is 0 Å². The van der Waals surface area contributed by atoms with Gasteiger partial charge in [0.25, 0.3) is 0 Å². The summed E-state index contributed by atoms with van der Waals surface area (Å²) in [6, 6.07) is 23.8. The maximum atomic E-state index is 12.6. The highest BCUT2D eigenvalue weighted by Gasteiger charge is 2.16. The van der Waals surface area contributed by atoms with Crippen LogP contribution in [-0.2, 0) is 27.3 Å². The summed E-state index contributed by atoms with van der Waals surface area (Å²) in [6.07, 6.45) is 0.723. The van der Waals surface area contributed by atoms with Gasteiger partial charge in [0, 0.05) is 6.42 Å². The summed E-state index contributed by atoms with van der Waals surface area (Å²) in [7, 11) is 1.36. The Bertz CT molecular complexity index is 966. The first kappa shape index (κ1) is 20.1. The van der Waals surface area contributed by atoms with Gasteiger partial charge in [0.05, 0.1) is 7.11 Å². The van der Waals surface area contributed by atoms with Crippen molar-refractivity contribution < 1.29 is 23.8 Å². The molecule has 0 atom stereocenters. The predicted octanol–water partition coefficient (Wildman–Crippen LogP) is 4.94. The molecule has 0 amide bonds. The fourth-order valence-corrected chi connectivity index (χ4v) is 2.79. The van der Waals surface area contributed by atoms with Crippen LogP contribution >= 0.6 is 0 Å². The van der Waals surface area contributed by atoms with Crippen LogP contribution in [0.3, 0.4) is 0 Å². The quantitative estimate of drug-likeness (QED) is 0.510. The van der Waals surface area contributed by atoms with E-state index in [0.29, 0.717) is 23.5 Å². The maximum Gasteiger partial charge on any atom is 0.342 e. The Kier molecular flexibility index (Phi) is 7.00. The molecule has 0 fully saturated rings. The zero-order valence-corrected chi connectivity index (χ0v) is 16.2. The van der Waals surface area contributed by atoms with Gasteiger partial charge in [-0.1, -0.05) is 60.7 Å². The van der Waals surface area contributed by atoms with Crippen molar-refractivity contribution in [2.45, 2.75) is 19.4 Å². The SMILES string of the molecule is COC(=O)CCc1ccccc1Oc1ccccc1C(=O)OCc1ccccc1. The van der Waals surface area contributed by atoms with Gasteiger partial charge in [0.1, 0.15) is 23.7 Å². The molecular weight excluding hydrogens is 368 g/mol. The number of methoxy groups -OCH3 is 1. The van der Waals surface area contributed by atoms with E-state index in [4.69, 9.17) is 14.2 Å². The highest BCUT2D eigenvalue weighted by molar-refractivity contribution is 5.92. The Morgan fingerprint density at radius 3 is 2.21 bits per heavy atom. The summed E-state index contributed by atoms with van der Waals surface area (Å²) in [5, 5.41) is 0. The van der Waals surface area contributed by atoms with Crippen molar-refractivity contribution in [1.29, 1.82) is 0 Å². The molecule has 0 radical (unpaired) electrons. The predicted molar refractivity (Wildman–Crippen MR) is 109 cm³/mol. The van der Waals surface area contributed by atoms with Crippen molar-refractivity contribution >= 4 is 11.9 Å². The highest BCUT2D eigenvalue weighted by Crippen LogP contribution is 2.29. The van der Waals surface area contributed by atoms with E-state index >= 15 is 0 Å². The molecule has 29 heavy (non-hydrogen) atoms. The second kappa shape index (κ2) is 10.1. The minimum Gasteiger partial charge on any atom is -0.469 e. The third-order valence-electron chi connectivity index (χ3n) is 4.34. The van der Waals surface area contributed by atoms with Gasteiger partial charge in [-0.05, 0) is 35.7 Å². The van der Waals surface area contributed by atoms with Gasteiger partial charge >= 0.3 is 11.9 Å². The molecule has 0 aliphatic heterocycles. The Hall–Kier alpha value is -3.60. The molecule has 0 N–H and O–H groups in total. The first-order valence-corrected chi connectivity index (χ1v) is 9.30. The molecule has 0 saturated carbocycles. The molecule has 0 saturated heterocycles. The van der Waals surface area contributed by atoms with E-state index in [9.17, 15) is 9.59 Å². The van der Waals surface area contributed by atoms with E-state index in [1.165, 1.54) is 7.11 Å². The van der Waals surface area contributed by atoms with Crippen LogP contribution in [-0.4, -0.2) is 19.0 Å². The lowest BCUT2D eigenvalue weighted by Crippen LogP contribution is -2.07. The summed E-state index contributed by atoms with van der Waals surface area (Å²) in [6.45, 7) is 0.184. The van der Waals surface area contributed by atoms with Gasteiger partial charge in [0.2, 0.25) is 0 Å². The molecule has 3 aromatic carbocycles. The Morgan fingerprint density at radius 1 is 0.793 bits per heavy atom. The first-order chi connectivity index (χ1) is 14.2. The van der Waals surface area contributed by atoms with Gasteiger partial charge in [0.15, 0.2) is 0 Å². The van der Waals surface area contributed by atoms with Gasteiger partial charge in [-0.2, -0.15) is 0 Å². The minimum atomic E-state index is -0.462. The van der Waals surface area contributed by atoms with E-state index in [-0.39, 0.29) is 19.0 Å². The number of rotatable bonds is 8. The summed E-state index contributed by atoms with van der Waals surface area (Å²) in [4.78, 5) is 24.1. The van der Waals surface area contributed by atoms with Crippen molar-refractivity contribution in [2.24, 2.45) is 0 Å². The first-order valence-electron chi connectivity index (χ1n) is 9.30. The van der Waals surface area contributed by atoms with Crippen LogP contribution in [0.1, 0.15) is 27.9 Å². The monoisotopic (exact) mass is 390 g/mol. The summed E-state index contributed by atoms with van der Waals surface area (Å²) in [5.41, 5.74) is 2.10. The second-order valence-corrected chi connectivity index (χ2v) is 6.34. The summed E-state index contributed by atoms with van der Waals surface area (Å²) < 4.78 is 16.2. The molecule has 0 heterocycles. The minimum absolute atomic E-state index is 0.184. The standard InChI is InChI=1S/C24H22O5/c1-27-23(25)16-15-19-11-5-7-13-21(19)29-22-14-8-6-12-20(22)24(26)28-17-18-9-3-2-4-10-18/h2-14H,15-17H2,1H3. The molecule has 0 spiro atoms. The second-order valence-electron chi connectivity index (χ2n) is 6.34. The molecule has 148 valence electrons. The van der Waals surface area contributed by atoms with E-state index in [0.717, 1.165) is 11.1 Å². The number of hydrogen-bond donors (Lipinski definition) is 0. The summed E-state index contributed by atoms with van der Waals surface area (Å²) >= 11 is 0. The average molecular weight is 390 g/mol. The van der Waals surface area contributed by atoms with Crippen molar-refractivity contribution in [3.63, 3.8) is 0 Å². The normalized spacial score (nSPS) is 10.2. The van der Waals surface area contributed by atoms with Crippen molar-refractivity contribution in [3.05, 3.63) is 95.6 Å². The topological polar surface area (TPSA) is 61.8 Å². The number of esters is 2. The van der Waals surface area contributed by atoms with E-state index < -0.39 is 5.97 Å². The van der Waals surface area contributed by atoms with E-state index in [2.05, 4.69) is 0 Å². The molecule has 3 aromatic rings. The van der Waals surface area contributed by atoms with Crippen LogP contribution in [0.5, 0.6) is 11.5 Å². The number of carbonyl (C=O) groups is 2. The lowest BCUT2D eigenvalue weighted by atomic mass is 10.1. The highest BCUT2D eigenvalue weighted by atomic mass is 16.5. The van der Waals surface area contributed by atoms with Gasteiger partial charge in [-0.25, -0.2) is 4.79 Å². The smallest absolute Gasteiger partial charge is 0.342 e. The Balaban J connectivity index is 1.74. The molecule has 0 aromatic heterocycles. The Labute approximate surface area is 169 Å². The van der Waals surface area contributed by atoms with E-state index in [1.807, 2.05) is 48.5 Å². The molecule has 5 heteroatoms. The number of para-hydroxylation sites is 2. The van der Waals surface area contributed by atoms with Crippen molar-refractivity contribution in [1.82, 2.24) is 0 Å². The zero-order valence-electron chi connectivity index (χ0n) is 16.2. The number of hydrogen-bond acceptors (Lipinski definition) is 5. The number of carbonyl (C=O) groups excluding carboxylic acids is 2. The van der Waals surface area contributed by atoms with Crippen LogP contribution in [0.15, 0.2) is 78.9 Å². The van der Waals surface area contributed by atoms with Gasteiger partial charge < -0.3 is 14.2 Å². The molecule has 0 bridgehead atoms. The van der Waals surface area contributed by atoms with Crippen LogP contribution in [0.4, 0.5) is 0 Å². The third kappa shape index (κ3) is 5.69. The van der Waals surface area contributed by atoms with E-state index in [1.54, 1.807) is 30.3 Å². The molecule has 0 aliphatic rings. The van der Waals surface area contributed by atoms with Crippen LogP contribution in [0, 0.1) is 0 Å². The van der Waals surface area contributed by atoms with Crippen molar-refractivity contribution in [2.75, 3.05) is 7.11 Å². The molecule has 5 nitrogen and oxygen atoms in total. The lowest BCUT2D eigenvalue weighted by Gasteiger charge is -2.14. The number of ether oxygens (including phenoxy) is 3. The Morgan fingerprint density at radius 2 is 1.45 bits per heavy atom.